The van der Waals surface area contributed by atoms with Gasteiger partial charge in [0.2, 0.25) is 0 Å². The molecular formula is C13H22LiN. The Hall–Kier alpha value is 0.0374. The zero-order chi connectivity index (χ0) is 11.8. The van der Waals surface area contributed by atoms with Gasteiger partial charge in [0, 0.05) is 0 Å². The predicted octanol–water partition coefficient (Wildman–Crippen LogP) is 2.74. The summed E-state index contributed by atoms with van der Waals surface area (Å²) >= 11 is 2.30. The van der Waals surface area contributed by atoms with Crippen LogP contribution in [0, 0.1) is 5.41 Å². The Morgan fingerprint density at radius 2 is 1.67 bits per heavy atom. The van der Waals surface area contributed by atoms with E-state index in [4.69, 9.17) is 0 Å². The first-order chi connectivity index (χ1) is 6.80. The van der Waals surface area contributed by atoms with Gasteiger partial charge in [-0.05, 0) is 0 Å². The molecule has 0 saturated heterocycles. The number of hydrogen-bond donors (Lipinski definition) is 0. The van der Waals surface area contributed by atoms with Gasteiger partial charge in [-0.25, -0.2) is 0 Å². The molecular weight excluding hydrogens is 177 g/mol. The summed E-state index contributed by atoms with van der Waals surface area (Å²) in [6, 6.07) is 0. The van der Waals surface area contributed by atoms with Crippen LogP contribution in [0.4, 0.5) is 0 Å². The van der Waals surface area contributed by atoms with Crippen LogP contribution in [0.3, 0.4) is 0 Å². The van der Waals surface area contributed by atoms with Crippen molar-refractivity contribution in [1.29, 1.82) is 0 Å². The van der Waals surface area contributed by atoms with Gasteiger partial charge in [0.05, 0.1) is 0 Å². The maximum absolute atomic E-state index is 2.39. The van der Waals surface area contributed by atoms with Crippen molar-refractivity contribution in [3.05, 3.63) is 21.0 Å². The summed E-state index contributed by atoms with van der Waals surface area (Å²) in [5, 5.41) is 0. The van der Waals surface area contributed by atoms with E-state index < -0.39 is 0 Å². The first-order valence-electron chi connectivity index (χ1n) is 5.81. The molecule has 0 aromatic heterocycles. The first kappa shape index (κ1) is 13.1. The average molecular weight is 199 g/mol. The Kier molecular flexibility index (Phi) is 3.93. The molecule has 0 aliphatic heterocycles. The van der Waals surface area contributed by atoms with Crippen LogP contribution in [-0.2, 0) is 0 Å². The first-order valence-corrected chi connectivity index (χ1v) is 5.81. The van der Waals surface area contributed by atoms with Crippen molar-refractivity contribution in [3.8, 4) is 0 Å². The molecule has 80 valence electrons. The molecule has 1 unspecified atom stereocenters. The van der Waals surface area contributed by atoms with E-state index in [1.807, 2.05) is 0 Å². The topological polar surface area (TPSA) is 3.24 Å². The fourth-order valence-corrected chi connectivity index (χ4v) is 2.49. The molecule has 0 bridgehead atoms. The maximum atomic E-state index is 2.39. The van der Waals surface area contributed by atoms with Crippen LogP contribution < -0.4 is 0 Å². The minimum absolute atomic E-state index is 0.304. The van der Waals surface area contributed by atoms with E-state index in [1.54, 1.807) is 9.82 Å². The second kappa shape index (κ2) is 4.50. The molecule has 1 nitrogen and oxygen atoms in total. The van der Waals surface area contributed by atoms with Gasteiger partial charge in [0.25, 0.3) is 0 Å². The summed E-state index contributed by atoms with van der Waals surface area (Å²) in [5.74, 6) is 0. The van der Waals surface area contributed by atoms with Crippen molar-refractivity contribution in [3.63, 3.8) is 0 Å². The number of allylic oxidation sites excluding steroid dienone is 4. The van der Waals surface area contributed by atoms with Crippen LogP contribution >= 0.6 is 0 Å². The van der Waals surface area contributed by atoms with Gasteiger partial charge in [-0.15, -0.1) is 0 Å². The molecule has 0 spiro atoms. The predicted molar refractivity (Wildman–Crippen MR) is 68.1 cm³/mol. The Labute approximate surface area is 104 Å². The number of rotatable bonds is 3. The van der Waals surface area contributed by atoms with Crippen molar-refractivity contribution < 1.29 is 0 Å². The molecule has 0 fully saturated rings. The van der Waals surface area contributed by atoms with E-state index in [0.29, 0.717) is 5.41 Å². The molecule has 0 aromatic rings. The third kappa shape index (κ3) is 2.25. The molecule has 0 heterocycles. The third-order valence-corrected chi connectivity index (χ3v) is 4.40. The summed E-state index contributed by atoms with van der Waals surface area (Å²) < 4.78 is 1.57. The van der Waals surface area contributed by atoms with E-state index in [1.165, 1.54) is 17.6 Å². The molecule has 0 N–H and O–H groups in total. The van der Waals surface area contributed by atoms with Crippen molar-refractivity contribution in [2.24, 2.45) is 5.41 Å². The molecule has 0 aromatic carbocycles. The zero-order valence-electron chi connectivity index (χ0n) is 11.4. The second-order valence-electron chi connectivity index (χ2n) is 5.39. The molecule has 0 amide bonds. The summed E-state index contributed by atoms with van der Waals surface area (Å²) in [5.41, 5.74) is 4.89. The van der Waals surface area contributed by atoms with Gasteiger partial charge in [0.15, 0.2) is 0 Å². The second-order valence-corrected chi connectivity index (χ2v) is 5.39. The van der Waals surface area contributed by atoms with Crippen LogP contribution in [0.2, 0.25) is 0 Å². The molecule has 1 atom stereocenters. The Bertz CT molecular complexity index is 299. The standard InChI is InChI=1S/C13H22N.Li/c1-10-9-13(4,7-8-14(5)6)12(3)11(10)2;/h7-8H2,1-6H3;. The monoisotopic (exact) mass is 199 g/mol. The SMILES string of the molecule is [Li][C]1=C(C)C(C)=C(C)C1(C)CCN(C)C. The van der Waals surface area contributed by atoms with Gasteiger partial charge in [-0.1, -0.05) is 0 Å². The van der Waals surface area contributed by atoms with Gasteiger partial charge < -0.3 is 0 Å². The van der Waals surface area contributed by atoms with Crippen LogP contribution in [0.1, 0.15) is 34.1 Å². The van der Waals surface area contributed by atoms with Crippen molar-refractivity contribution >= 4 is 17.7 Å². The van der Waals surface area contributed by atoms with Crippen molar-refractivity contribution in [2.45, 2.75) is 34.1 Å². The van der Waals surface area contributed by atoms with E-state index >= 15 is 0 Å². The minimum atomic E-state index is 0.304. The molecule has 2 heteroatoms. The third-order valence-electron chi connectivity index (χ3n) is 4.40. The van der Waals surface area contributed by atoms with Gasteiger partial charge in [-0.3, -0.25) is 0 Å². The molecule has 1 rings (SSSR count). The Morgan fingerprint density at radius 1 is 1.13 bits per heavy atom. The quantitative estimate of drug-likeness (QED) is 0.632. The Morgan fingerprint density at radius 3 is 2.00 bits per heavy atom. The van der Waals surface area contributed by atoms with Crippen LogP contribution in [-0.4, -0.2) is 43.3 Å². The fraction of sp³-hybridized carbons (Fsp3) is 0.692. The summed E-state index contributed by atoms with van der Waals surface area (Å²) in [4.78, 5) is 2.27. The molecule has 0 saturated carbocycles. The van der Waals surface area contributed by atoms with Gasteiger partial charge in [-0.2, -0.15) is 0 Å². The van der Waals surface area contributed by atoms with E-state index in [0.717, 1.165) is 6.54 Å². The average Bonchev–Trinajstić information content (AvgIpc) is 2.32. The zero-order valence-corrected chi connectivity index (χ0v) is 11.4. The van der Waals surface area contributed by atoms with E-state index in [9.17, 15) is 0 Å². The molecule has 15 heavy (non-hydrogen) atoms. The summed E-state index contributed by atoms with van der Waals surface area (Å²) in [6.45, 7) is 10.4. The van der Waals surface area contributed by atoms with Crippen molar-refractivity contribution in [1.82, 2.24) is 4.90 Å². The molecule has 1 aliphatic carbocycles. The summed E-state index contributed by atoms with van der Waals surface area (Å²) in [6.07, 6.45) is 1.23. The van der Waals surface area contributed by atoms with E-state index in [2.05, 4.69) is 64.4 Å². The van der Waals surface area contributed by atoms with E-state index in [-0.39, 0.29) is 0 Å². The number of hydrogen-bond acceptors (Lipinski definition) is 1. The van der Waals surface area contributed by atoms with Crippen LogP contribution in [0.15, 0.2) is 21.0 Å². The summed E-state index contributed by atoms with van der Waals surface area (Å²) in [7, 11) is 4.30. The molecule has 0 radical (unpaired) electrons. The van der Waals surface area contributed by atoms with Gasteiger partial charge >= 0.3 is 104 Å². The normalized spacial score (nSPS) is 27.3. The van der Waals surface area contributed by atoms with Crippen molar-refractivity contribution in [2.75, 3.05) is 20.6 Å². The van der Waals surface area contributed by atoms with Crippen LogP contribution in [0.5, 0.6) is 0 Å². The van der Waals surface area contributed by atoms with Gasteiger partial charge in [0.1, 0.15) is 0 Å². The Balaban J connectivity index is 2.94. The fourth-order valence-electron chi connectivity index (χ4n) is 2.49. The molecule has 1 aliphatic rings. The van der Waals surface area contributed by atoms with Crippen LogP contribution in [0.25, 0.3) is 0 Å². The number of nitrogens with zero attached hydrogens (tertiary/aromatic N) is 1.